The molecular weight excluding hydrogens is 308 g/mol. The van der Waals surface area contributed by atoms with Gasteiger partial charge in [0.15, 0.2) is 4.80 Å². The highest BCUT2D eigenvalue weighted by Crippen LogP contribution is 2.22. The topological polar surface area (TPSA) is 52.2 Å². The zero-order valence-corrected chi connectivity index (χ0v) is 14.2. The summed E-state index contributed by atoms with van der Waals surface area (Å²) in [6.07, 6.45) is 5.14. The zero-order chi connectivity index (χ0) is 16.6. The third-order valence-corrected chi connectivity index (χ3v) is 4.86. The molecule has 0 aliphatic carbocycles. The number of carbonyl (C=O) groups excluding carboxylic acids is 1. The number of fused-ring (bicyclic) bond motifs is 1. The lowest BCUT2D eigenvalue weighted by Crippen LogP contribution is -2.17. The minimum absolute atomic E-state index is 0.333. The van der Waals surface area contributed by atoms with Gasteiger partial charge in [0.2, 0.25) is 5.82 Å². The smallest absolute Gasteiger partial charge is 0.315 e. The highest BCUT2D eigenvalue weighted by molar-refractivity contribution is 7.16. The molecule has 2 heterocycles. The van der Waals surface area contributed by atoms with Crippen LogP contribution in [0.15, 0.2) is 42.2 Å². The molecule has 0 aliphatic rings. The fourth-order valence-corrected chi connectivity index (χ4v) is 3.54. The van der Waals surface area contributed by atoms with Crippen molar-refractivity contribution < 1.29 is 4.79 Å². The number of allylic oxidation sites excluding steroid dienone is 1. The van der Waals surface area contributed by atoms with Crippen LogP contribution in [0.25, 0.3) is 10.2 Å². The maximum Gasteiger partial charge on any atom is 0.315 e. The molecule has 1 aromatic carbocycles. The van der Waals surface area contributed by atoms with E-state index in [4.69, 9.17) is 0 Å². The average Bonchev–Trinajstić information content (AvgIpc) is 3.06. The highest BCUT2D eigenvalue weighted by Gasteiger charge is 2.12. The number of carbonyl (C=O) groups is 1. The molecule has 0 spiro atoms. The van der Waals surface area contributed by atoms with Gasteiger partial charge in [-0.3, -0.25) is 4.79 Å². The first kappa shape index (κ1) is 15.4. The van der Waals surface area contributed by atoms with E-state index in [1.807, 2.05) is 10.6 Å². The van der Waals surface area contributed by atoms with E-state index >= 15 is 0 Å². The van der Waals surface area contributed by atoms with E-state index in [1.54, 1.807) is 24.0 Å². The summed E-state index contributed by atoms with van der Waals surface area (Å²) in [6.45, 7) is 8.58. The number of thiazole rings is 1. The minimum atomic E-state index is -0.338. The summed E-state index contributed by atoms with van der Waals surface area (Å²) < 4.78 is 4.80. The number of imidazole rings is 1. The lowest BCUT2D eigenvalue weighted by Gasteiger charge is -2.04. The van der Waals surface area contributed by atoms with Gasteiger partial charge in [0, 0.05) is 26.0 Å². The van der Waals surface area contributed by atoms with Gasteiger partial charge < -0.3 is 9.13 Å². The molecule has 1 amide bonds. The van der Waals surface area contributed by atoms with E-state index in [1.165, 1.54) is 22.5 Å². The van der Waals surface area contributed by atoms with Gasteiger partial charge in [-0.1, -0.05) is 17.4 Å². The molecule has 0 saturated heterocycles. The molecule has 3 aromatic rings. The van der Waals surface area contributed by atoms with Crippen LogP contribution in [0.1, 0.15) is 21.7 Å². The van der Waals surface area contributed by atoms with Crippen molar-refractivity contribution >= 4 is 27.5 Å². The Bertz CT molecular complexity index is 974. The van der Waals surface area contributed by atoms with E-state index < -0.39 is 0 Å². The van der Waals surface area contributed by atoms with Gasteiger partial charge in [-0.15, -0.1) is 6.58 Å². The molecular formula is C17H18N4OS. The summed E-state index contributed by atoms with van der Waals surface area (Å²) in [5, 5.41) is 0. The fourth-order valence-electron chi connectivity index (χ4n) is 2.42. The Morgan fingerprint density at radius 2 is 2.13 bits per heavy atom. The molecule has 23 heavy (non-hydrogen) atoms. The summed E-state index contributed by atoms with van der Waals surface area (Å²) in [5.41, 5.74) is 3.52. The molecule has 0 aliphatic heterocycles. The molecule has 0 bridgehead atoms. The van der Waals surface area contributed by atoms with Crippen molar-refractivity contribution in [1.29, 1.82) is 0 Å². The molecule has 3 rings (SSSR count). The van der Waals surface area contributed by atoms with Crippen molar-refractivity contribution in [3.63, 3.8) is 0 Å². The van der Waals surface area contributed by atoms with Crippen molar-refractivity contribution in [2.24, 2.45) is 12.0 Å². The van der Waals surface area contributed by atoms with Gasteiger partial charge >= 0.3 is 5.91 Å². The normalized spacial score (nSPS) is 12.0. The highest BCUT2D eigenvalue weighted by atomic mass is 32.1. The van der Waals surface area contributed by atoms with E-state index in [-0.39, 0.29) is 5.91 Å². The van der Waals surface area contributed by atoms with Crippen LogP contribution >= 0.6 is 11.3 Å². The molecule has 0 radical (unpaired) electrons. The lowest BCUT2D eigenvalue weighted by molar-refractivity contribution is 0.0985. The van der Waals surface area contributed by atoms with Crippen LogP contribution in [0, 0.1) is 13.8 Å². The number of aryl methyl sites for hydroxylation is 3. The van der Waals surface area contributed by atoms with Crippen LogP contribution in [0.4, 0.5) is 0 Å². The molecule has 5 nitrogen and oxygen atoms in total. The SMILES string of the molecule is C=CCn1c(=NC(=O)c2nccn2C)sc2cc(C)c(C)cc21. The van der Waals surface area contributed by atoms with Crippen molar-refractivity contribution in [2.75, 3.05) is 0 Å². The second-order valence-corrected chi connectivity index (χ2v) is 6.48. The summed E-state index contributed by atoms with van der Waals surface area (Å²) in [5.74, 6) is -0.00437. The maximum atomic E-state index is 12.4. The fraction of sp³-hybridized carbons (Fsp3) is 0.235. The van der Waals surface area contributed by atoms with Crippen LogP contribution in [0.3, 0.4) is 0 Å². The number of amides is 1. The Morgan fingerprint density at radius 3 is 2.78 bits per heavy atom. The second kappa shape index (κ2) is 5.96. The van der Waals surface area contributed by atoms with Crippen molar-refractivity contribution in [2.45, 2.75) is 20.4 Å². The van der Waals surface area contributed by atoms with Gasteiger partial charge in [-0.25, -0.2) is 4.98 Å². The average molecular weight is 326 g/mol. The minimum Gasteiger partial charge on any atom is -0.330 e. The van der Waals surface area contributed by atoms with Gasteiger partial charge in [-0.2, -0.15) is 4.99 Å². The largest absolute Gasteiger partial charge is 0.330 e. The van der Waals surface area contributed by atoms with Crippen molar-refractivity contribution in [3.8, 4) is 0 Å². The monoisotopic (exact) mass is 326 g/mol. The number of benzene rings is 1. The summed E-state index contributed by atoms with van der Waals surface area (Å²) in [4.78, 5) is 21.4. The maximum absolute atomic E-state index is 12.4. The van der Waals surface area contributed by atoms with E-state index in [2.05, 4.69) is 42.5 Å². The van der Waals surface area contributed by atoms with Crippen LogP contribution in [-0.2, 0) is 13.6 Å². The third kappa shape index (κ3) is 2.77. The lowest BCUT2D eigenvalue weighted by atomic mass is 10.1. The van der Waals surface area contributed by atoms with Crippen LogP contribution in [0.5, 0.6) is 0 Å². The van der Waals surface area contributed by atoms with Crippen LogP contribution in [0.2, 0.25) is 0 Å². The van der Waals surface area contributed by atoms with Gasteiger partial charge in [0.25, 0.3) is 0 Å². The van der Waals surface area contributed by atoms with E-state index in [0.717, 1.165) is 10.2 Å². The molecule has 2 aromatic heterocycles. The Hall–Kier alpha value is -2.47. The molecule has 0 saturated carbocycles. The van der Waals surface area contributed by atoms with Gasteiger partial charge in [-0.05, 0) is 37.1 Å². The van der Waals surface area contributed by atoms with Crippen LogP contribution in [-0.4, -0.2) is 20.0 Å². The second-order valence-electron chi connectivity index (χ2n) is 5.47. The van der Waals surface area contributed by atoms with Crippen LogP contribution < -0.4 is 4.80 Å². The molecule has 6 heteroatoms. The van der Waals surface area contributed by atoms with Crippen molar-refractivity contribution in [1.82, 2.24) is 14.1 Å². The molecule has 0 unspecified atom stereocenters. The Balaban J connectivity index is 2.22. The quantitative estimate of drug-likeness (QED) is 0.695. The molecule has 0 N–H and O–H groups in total. The number of rotatable bonds is 3. The standard InChI is InChI=1S/C17H18N4OS/c1-5-7-21-13-9-11(2)12(3)10-14(13)23-17(21)19-16(22)15-18-6-8-20(15)4/h5-6,8-10H,1,7H2,2-4H3. The Labute approximate surface area is 138 Å². The zero-order valence-electron chi connectivity index (χ0n) is 13.4. The first-order chi connectivity index (χ1) is 11.0. The number of nitrogens with zero attached hydrogens (tertiary/aromatic N) is 4. The van der Waals surface area contributed by atoms with Gasteiger partial charge in [0.05, 0.1) is 10.2 Å². The van der Waals surface area contributed by atoms with E-state index in [0.29, 0.717) is 17.2 Å². The Morgan fingerprint density at radius 1 is 1.39 bits per heavy atom. The Kier molecular flexibility index (Phi) is 4.00. The number of aromatic nitrogens is 3. The molecule has 118 valence electrons. The molecule has 0 fully saturated rings. The third-order valence-electron chi connectivity index (χ3n) is 3.82. The predicted molar refractivity (Wildman–Crippen MR) is 92.6 cm³/mol. The number of hydrogen-bond acceptors (Lipinski definition) is 3. The predicted octanol–water partition coefficient (Wildman–Crippen LogP) is 2.98. The van der Waals surface area contributed by atoms with E-state index in [9.17, 15) is 4.79 Å². The summed E-state index contributed by atoms with van der Waals surface area (Å²) in [6, 6.07) is 4.27. The first-order valence-electron chi connectivity index (χ1n) is 7.29. The molecule has 0 atom stereocenters. The van der Waals surface area contributed by atoms with Gasteiger partial charge in [0.1, 0.15) is 0 Å². The summed E-state index contributed by atoms with van der Waals surface area (Å²) >= 11 is 1.51. The summed E-state index contributed by atoms with van der Waals surface area (Å²) in [7, 11) is 1.78. The number of hydrogen-bond donors (Lipinski definition) is 0. The first-order valence-corrected chi connectivity index (χ1v) is 8.10. The van der Waals surface area contributed by atoms with Crippen molar-refractivity contribution in [3.05, 3.63) is 58.9 Å².